The lowest BCUT2D eigenvalue weighted by Gasteiger charge is -2.29. The number of hydrogen-bond acceptors (Lipinski definition) is 6. The highest BCUT2D eigenvalue weighted by molar-refractivity contribution is 5.98. The Morgan fingerprint density at radius 2 is 1.76 bits per heavy atom. The maximum atomic E-state index is 13.7. The smallest absolute Gasteiger partial charge is 0.251 e. The fourth-order valence-corrected chi connectivity index (χ4v) is 4.92. The zero-order chi connectivity index (χ0) is 29.9. The highest BCUT2D eigenvalue weighted by Crippen LogP contribution is 2.22. The summed E-state index contributed by atoms with van der Waals surface area (Å²) in [6, 6.07) is 11.2. The summed E-state index contributed by atoms with van der Waals surface area (Å²) in [4.78, 5) is 53.8. The van der Waals surface area contributed by atoms with Crippen molar-refractivity contribution in [2.24, 2.45) is 5.92 Å². The second-order valence-electron chi connectivity index (χ2n) is 10.8. The molecule has 222 valence electrons. The van der Waals surface area contributed by atoms with Crippen LogP contribution in [0.25, 0.3) is 0 Å². The zero-order valence-electron chi connectivity index (χ0n) is 24.6. The molecule has 10 heteroatoms. The van der Waals surface area contributed by atoms with Crippen LogP contribution in [-0.4, -0.2) is 74.5 Å². The van der Waals surface area contributed by atoms with Crippen molar-refractivity contribution in [1.29, 1.82) is 0 Å². The number of nitrogens with zero attached hydrogens (tertiary/aromatic N) is 1. The number of carbonyl (C=O) groups excluding carboxylic acids is 4. The fourth-order valence-electron chi connectivity index (χ4n) is 4.92. The third-order valence-corrected chi connectivity index (χ3v) is 7.03. The van der Waals surface area contributed by atoms with E-state index in [-0.39, 0.29) is 49.1 Å². The maximum Gasteiger partial charge on any atom is 0.251 e. The van der Waals surface area contributed by atoms with Gasteiger partial charge >= 0.3 is 0 Å². The molecular formula is C31H42N4O6. The molecule has 0 saturated heterocycles. The number of fused-ring (bicyclic) bond motifs is 2. The Balaban J connectivity index is 1.98. The van der Waals surface area contributed by atoms with Crippen molar-refractivity contribution in [2.75, 3.05) is 33.9 Å². The first-order chi connectivity index (χ1) is 19.6. The highest BCUT2D eigenvalue weighted by atomic mass is 16.5. The minimum absolute atomic E-state index is 0.107. The molecule has 1 heterocycles. The number of rotatable bonds is 6. The molecule has 0 saturated carbocycles. The van der Waals surface area contributed by atoms with Crippen LogP contribution in [0.5, 0.6) is 11.5 Å². The summed E-state index contributed by atoms with van der Waals surface area (Å²) >= 11 is 0. The summed E-state index contributed by atoms with van der Waals surface area (Å²) < 4.78 is 10.7. The average molecular weight is 567 g/mol. The molecular weight excluding hydrogens is 524 g/mol. The molecule has 1 aliphatic heterocycles. The van der Waals surface area contributed by atoms with Crippen LogP contribution in [-0.2, 0) is 27.2 Å². The molecule has 0 spiro atoms. The third kappa shape index (κ3) is 9.51. The second-order valence-corrected chi connectivity index (χ2v) is 10.8. The van der Waals surface area contributed by atoms with E-state index in [1.54, 1.807) is 44.6 Å². The molecule has 3 N–H and O–H groups in total. The number of carbonyl (C=O) groups is 4. The van der Waals surface area contributed by atoms with Crippen LogP contribution in [0.3, 0.4) is 0 Å². The molecule has 3 rings (SSSR count). The van der Waals surface area contributed by atoms with Crippen molar-refractivity contribution in [3.8, 4) is 11.5 Å². The lowest BCUT2D eigenvalue weighted by molar-refractivity contribution is -0.135. The van der Waals surface area contributed by atoms with Gasteiger partial charge in [-0.15, -0.1) is 0 Å². The zero-order valence-corrected chi connectivity index (χ0v) is 24.6. The van der Waals surface area contributed by atoms with Gasteiger partial charge in [0.1, 0.15) is 17.5 Å². The quantitative estimate of drug-likeness (QED) is 0.493. The first kappa shape index (κ1) is 31.4. The largest absolute Gasteiger partial charge is 0.497 e. The second kappa shape index (κ2) is 15.1. The third-order valence-electron chi connectivity index (χ3n) is 7.03. The van der Waals surface area contributed by atoms with Crippen molar-refractivity contribution < 1.29 is 28.7 Å². The van der Waals surface area contributed by atoms with Gasteiger partial charge in [0, 0.05) is 38.0 Å². The van der Waals surface area contributed by atoms with Gasteiger partial charge in [0.25, 0.3) is 5.91 Å². The minimum atomic E-state index is -0.888. The molecule has 2 aromatic carbocycles. The first-order valence-electron chi connectivity index (χ1n) is 14.0. The van der Waals surface area contributed by atoms with Crippen LogP contribution < -0.4 is 25.4 Å². The first-order valence-corrected chi connectivity index (χ1v) is 14.0. The minimum Gasteiger partial charge on any atom is -0.497 e. The summed E-state index contributed by atoms with van der Waals surface area (Å²) in [5.41, 5.74) is 2.07. The van der Waals surface area contributed by atoms with Crippen molar-refractivity contribution >= 4 is 23.6 Å². The molecule has 4 amide bonds. The van der Waals surface area contributed by atoms with Crippen LogP contribution in [0.15, 0.2) is 42.5 Å². The number of methoxy groups -OCH3 is 2. The van der Waals surface area contributed by atoms with E-state index in [1.165, 1.54) is 11.8 Å². The molecule has 10 nitrogen and oxygen atoms in total. The van der Waals surface area contributed by atoms with Crippen LogP contribution in [0, 0.1) is 5.92 Å². The van der Waals surface area contributed by atoms with Crippen molar-refractivity contribution in [3.05, 3.63) is 59.2 Å². The van der Waals surface area contributed by atoms with Crippen LogP contribution in [0.4, 0.5) is 0 Å². The number of benzene rings is 2. The van der Waals surface area contributed by atoms with Gasteiger partial charge in [0.15, 0.2) is 0 Å². The van der Waals surface area contributed by atoms with Gasteiger partial charge in [-0.25, -0.2) is 0 Å². The van der Waals surface area contributed by atoms with E-state index < -0.39 is 12.1 Å². The van der Waals surface area contributed by atoms with E-state index in [9.17, 15) is 19.2 Å². The van der Waals surface area contributed by atoms with E-state index in [0.29, 0.717) is 42.9 Å². The molecule has 0 aliphatic carbocycles. The van der Waals surface area contributed by atoms with Gasteiger partial charge in [0.05, 0.1) is 20.8 Å². The Morgan fingerprint density at radius 1 is 1.02 bits per heavy atom. The molecule has 0 fully saturated rings. The number of nitrogens with one attached hydrogen (secondary N) is 3. The maximum absolute atomic E-state index is 13.7. The van der Waals surface area contributed by atoms with Gasteiger partial charge < -0.3 is 30.3 Å². The summed E-state index contributed by atoms with van der Waals surface area (Å²) in [7, 11) is 3.15. The summed E-state index contributed by atoms with van der Waals surface area (Å²) in [5.74, 6) is 0.255. The molecule has 0 radical (unpaired) electrons. The molecule has 2 aromatic rings. The average Bonchev–Trinajstić information content (AvgIpc) is 2.93. The highest BCUT2D eigenvalue weighted by Gasteiger charge is 2.27. The van der Waals surface area contributed by atoms with Crippen LogP contribution >= 0.6 is 0 Å². The standard InChI is InChI=1S/C31H42N4O6/c1-20(2)15-25-18-35(21(3)36)19-29(37)32-14-6-7-23-17-24(10-13-28(23)41-5)30(38)34-27(31(39)33-25)16-22-8-11-26(40-4)12-9-22/h8-13,17,20,25,27H,6-7,14-16,18-19H2,1-5H3,(H,32,37)(H,33,39)(H,34,38)/t25-,27-/m0/s1. The van der Waals surface area contributed by atoms with Gasteiger partial charge in [0.2, 0.25) is 17.7 Å². The Hall–Kier alpha value is -4.08. The molecule has 1 aliphatic rings. The number of ether oxygens (including phenoxy) is 2. The molecule has 2 bridgehead atoms. The van der Waals surface area contributed by atoms with E-state index >= 15 is 0 Å². The molecule has 0 aromatic heterocycles. The van der Waals surface area contributed by atoms with Crippen molar-refractivity contribution in [3.63, 3.8) is 0 Å². The van der Waals surface area contributed by atoms with Gasteiger partial charge in [-0.2, -0.15) is 0 Å². The van der Waals surface area contributed by atoms with E-state index in [2.05, 4.69) is 16.0 Å². The molecule has 41 heavy (non-hydrogen) atoms. The van der Waals surface area contributed by atoms with Crippen LogP contribution in [0.2, 0.25) is 0 Å². The predicted octanol–water partition coefficient (Wildman–Crippen LogP) is 2.49. The predicted molar refractivity (Wildman–Crippen MR) is 156 cm³/mol. The SMILES string of the molecule is COc1ccc(C[C@@H]2NC(=O)c3ccc(OC)c(c3)CCCNC(=O)CN(C(C)=O)C[C@H](CC(C)C)NC2=O)cc1. The van der Waals surface area contributed by atoms with Gasteiger partial charge in [-0.1, -0.05) is 26.0 Å². The topological polar surface area (TPSA) is 126 Å². The fraction of sp³-hybridized carbons (Fsp3) is 0.484. The monoisotopic (exact) mass is 566 g/mol. The number of hydrogen-bond donors (Lipinski definition) is 3. The molecule has 0 unspecified atom stereocenters. The number of amides is 4. The van der Waals surface area contributed by atoms with E-state index in [4.69, 9.17) is 9.47 Å². The van der Waals surface area contributed by atoms with E-state index in [0.717, 1.165) is 11.1 Å². The Morgan fingerprint density at radius 3 is 2.39 bits per heavy atom. The van der Waals surface area contributed by atoms with Gasteiger partial charge in [-0.3, -0.25) is 19.2 Å². The Bertz CT molecular complexity index is 1210. The number of aryl methyl sites for hydroxylation is 1. The Labute approximate surface area is 242 Å². The van der Waals surface area contributed by atoms with Crippen LogP contribution in [0.1, 0.15) is 55.1 Å². The lowest BCUT2D eigenvalue weighted by Crippen LogP contribution is -2.54. The van der Waals surface area contributed by atoms with E-state index in [1.807, 2.05) is 26.0 Å². The molecule has 2 atom stereocenters. The van der Waals surface area contributed by atoms with Crippen molar-refractivity contribution in [2.45, 2.75) is 58.5 Å². The Kier molecular flexibility index (Phi) is 11.6. The lowest BCUT2D eigenvalue weighted by atomic mass is 10.0. The summed E-state index contributed by atoms with van der Waals surface area (Å²) in [6.45, 7) is 5.93. The van der Waals surface area contributed by atoms with Crippen molar-refractivity contribution in [1.82, 2.24) is 20.9 Å². The normalized spacial score (nSPS) is 19.1. The summed E-state index contributed by atoms with van der Waals surface area (Å²) in [5, 5.41) is 8.86. The summed E-state index contributed by atoms with van der Waals surface area (Å²) in [6.07, 6.45) is 2.01. The van der Waals surface area contributed by atoms with Gasteiger partial charge in [-0.05, 0) is 66.6 Å².